The molecule has 2 saturated heterocycles. The molecule has 4 aliphatic rings. The summed E-state index contributed by atoms with van der Waals surface area (Å²) in [6.07, 6.45) is 1.03. The van der Waals surface area contributed by atoms with Crippen LogP contribution in [0.15, 0.2) is 23.5 Å². The van der Waals surface area contributed by atoms with E-state index in [0.29, 0.717) is 53.9 Å². The summed E-state index contributed by atoms with van der Waals surface area (Å²) in [5, 5.41) is 0. The normalized spacial score (nSPS) is 24.4. The highest BCUT2D eigenvalue weighted by Gasteiger charge is 2.44. The van der Waals surface area contributed by atoms with E-state index < -0.39 is 18.2 Å². The van der Waals surface area contributed by atoms with Gasteiger partial charge in [-0.2, -0.15) is 0 Å². The maximum Gasteiger partial charge on any atom is 0.338 e. The molecular formula is C23H27NO9. The molecule has 0 spiro atoms. The molecule has 0 bridgehead atoms. The van der Waals surface area contributed by atoms with Crippen LogP contribution >= 0.6 is 0 Å². The SMILES string of the molecule is COC(=O)c1cc(OC)c2c(c1C1=C(CN3CCOCC3)C=C(OC)[C@H]3OCOC13)OCO2. The average Bonchev–Trinajstić information content (AvgIpc) is 3.53. The second kappa shape index (κ2) is 9.22. The molecule has 3 aliphatic heterocycles. The maximum absolute atomic E-state index is 12.9. The number of hydrogen-bond acceptors (Lipinski definition) is 10. The highest BCUT2D eigenvalue weighted by Crippen LogP contribution is 2.51. The van der Waals surface area contributed by atoms with Gasteiger partial charge in [-0.05, 0) is 17.7 Å². The first kappa shape index (κ1) is 22.0. The lowest BCUT2D eigenvalue weighted by Crippen LogP contribution is -2.39. The molecule has 2 fully saturated rings. The highest BCUT2D eigenvalue weighted by atomic mass is 16.7. The minimum absolute atomic E-state index is 0.0139. The van der Waals surface area contributed by atoms with Crippen molar-refractivity contribution in [3.63, 3.8) is 0 Å². The zero-order valence-corrected chi connectivity index (χ0v) is 18.9. The molecule has 2 atom stereocenters. The number of carbonyl (C=O) groups is 1. The van der Waals surface area contributed by atoms with Gasteiger partial charge in [0.15, 0.2) is 11.5 Å². The summed E-state index contributed by atoms with van der Waals surface area (Å²) in [5.74, 6) is 1.41. The van der Waals surface area contributed by atoms with Crippen molar-refractivity contribution in [1.82, 2.24) is 4.90 Å². The van der Waals surface area contributed by atoms with E-state index >= 15 is 0 Å². The number of hydrogen-bond donors (Lipinski definition) is 0. The number of nitrogens with zero attached hydrogens (tertiary/aromatic N) is 1. The summed E-state index contributed by atoms with van der Waals surface area (Å²) in [6, 6.07) is 1.62. The molecule has 0 radical (unpaired) electrons. The van der Waals surface area contributed by atoms with Crippen molar-refractivity contribution in [3.8, 4) is 17.2 Å². The fourth-order valence-electron chi connectivity index (χ4n) is 4.68. The lowest BCUT2D eigenvalue weighted by Gasteiger charge is -2.33. The fraction of sp³-hybridized carbons (Fsp3) is 0.522. The highest BCUT2D eigenvalue weighted by molar-refractivity contribution is 6.00. The first-order valence-electron chi connectivity index (χ1n) is 10.8. The Morgan fingerprint density at radius 3 is 2.52 bits per heavy atom. The second-order valence-electron chi connectivity index (χ2n) is 7.93. The monoisotopic (exact) mass is 461 g/mol. The number of ether oxygens (including phenoxy) is 8. The Labute approximate surface area is 191 Å². The average molecular weight is 461 g/mol. The number of rotatable bonds is 6. The Kier molecular flexibility index (Phi) is 6.15. The minimum atomic E-state index is -0.517. The molecular weight excluding hydrogens is 434 g/mol. The van der Waals surface area contributed by atoms with Crippen molar-refractivity contribution in [1.29, 1.82) is 0 Å². The summed E-state index contributed by atoms with van der Waals surface area (Å²) >= 11 is 0. The van der Waals surface area contributed by atoms with Gasteiger partial charge in [0.25, 0.3) is 0 Å². The van der Waals surface area contributed by atoms with E-state index in [1.54, 1.807) is 13.2 Å². The lowest BCUT2D eigenvalue weighted by atomic mass is 9.83. The summed E-state index contributed by atoms with van der Waals surface area (Å²) in [6.45, 7) is 3.65. The van der Waals surface area contributed by atoms with Gasteiger partial charge < -0.3 is 37.9 Å². The van der Waals surface area contributed by atoms with Crippen LogP contribution in [0.4, 0.5) is 0 Å². The van der Waals surface area contributed by atoms with Gasteiger partial charge in [-0.1, -0.05) is 0 Å². The van der Waals surface area contributed by atoms with E-state index in [0.717, 1.165) is 24.2 Å². The van der Waals surface area contributed by atoms with Crippen LogP contribution in [0.2, 0.25) is 0 Å². The topological polar surface area (TPSA) is 94.2 Å². The molecule has 10 heteroatoms. The smallest absolute Gasteiger partial charge is 0.338 e. The molecule has 0 aromatic heterocycles. The first-order chi connectivity index (χ1) is 16.2. The Morgan fingerprint density at radius 2 is 1.79 bits per heavy atom. The van der Waals surface area contributed by atoms with Gasteiger partial charge in [-0.25, -0.2) is 4.79 Å². The van der Waals surface area contributed by atoms with Crippen LogP contribution in [0, 0.1) is 0 Å². The predicted octanol–water partition coefficient (Wildman–Crippen LogP) is 1.58. The molecule has 1 aromatic rings. The van der Waals surface area contributed by atoms with Crippen LogP contribution < -0.4 is 14.2 Å². The molecule has 1 unspecified atom stereocenters. The van der Waals surface area contributed by atoms with Crippen LogP contribution in [0.25, 0.3) is 5.57 Å². The number of fused-ring (bicyclic) bond motifs is 2. The summed E-state index contributed by atoms with van der Waals surface area (Å²) in [7, 11) is 4.47. The Bertz CT molecular complexity index is 996. The zero-order valence-electron chi connectivity index (χ0n) is 18.9. The molecule has 0 N–H and O–H groups in total. The van der Waals surface area contributed by atoms with E-state index in [1.807, 2.05) is 6.08 Å². The molecule has 0 saturated carbocycles. The number of morpholine rings is 1. The number of benzene rings is 1. The molecule has 3 heterocycles. The predicted molar refractivity (Wildman–Crippen MR) is 114 cm³/mol. The molecule has 10 nitrogen and oxygen atoms in total. The third kappa shape index (κ3) is 3.82. The van der Waals surface area contributed by atoms with Gasteiger partial charge in [0, 0.05) is 30.8 Å². The largest absolute Gasteiger partial charge is 0.498 e. The Hall–Kier alpha value is -2.79. The number of esters is 1. The summed E-state index contributed by atoms with van der Waals surface area (Å²) < 4.78 is 45.2. The van der Waals surface area contributed by atoms with Crippen LogP contribution in [-0.2, 0) is 23.7 Å². The summed E-state index contributed by atoms with van der Waals surface area (Å²) in [4.78, 5) is 15.2. The van der Waals surface area contributed by atoms with E-state index in [1.165, 1.54) is 14.2 Å². The standard InChI is InChI=1S/C23H27NO9/c1-26-15-8-13(10-24-4-6-29-7-5-24)17(21-19(15)30-11-32-21)18-14(23(25)28-3)9-16(27-2)20-22(18)33-12-31-20/h8-9,19,21H,4-7,10-12H2,1-3H3/t19-,21?/m1/s1. The van der Waals surface area contributed by atoms with Crippen molar-refractivity contribution in [2.75, 3.05) is 67.8 Å². The van der Waals surface area contributed by atoms with Gasteiger partial charge in [0.1, 0.15) is 24.8 Å². The van der Waals surface area contributed by atoms with Crippen LogP contribution in [-0.4, -0.2) is 90.8 Å². The van der Waals surface area contributed by atoms with Crippen molar-refractivity contribution in [2.45, 2.75) is 12.2 Å². The molecule has 178 valence electrons. The van der Waals surface area contributed by atoms with Gasteiger partial charge >= 0.3 is 5.97 Å². The van der Waals surface area contributed by atoms with Gasteiger partial charge in [-0.15, -0.1) is 0 Å². The molecule has 33 heavy (non-hydrogen) atoms. The minimum Gasteiger partial charge on any atom is -0.498 e. The van der Waals surface area contributed by atoms with Crippen LogP contribution in [0.3, 0.4) is 0 Å². The van der Waals surface area contributed by atoms with Gasteiger partial charge in [0.05, 0.1) is 40.1 Å². The third-order valence-corrected chi connectivity index (χ3v) is 6.23. The van der Waals surface area contributed by atoms with Crippen molar-refractivity contribution < 1.29 is 42.7 Å². The van der Waals surface area contributed by atoms with Crippen molar-refractivity contribution >= 4 is 11.5 Å². The lowest BCUT2D eigenvalue weighted by molar-refractivity contribution is 0.0395. The number of methoxy groups -OCH3 is 3. The molecule has 1 aromatic carbocycles. The van der Waals surface area contributed by atoms with Crippen LogP contribution in [0.1, 0.15) is 15.9 Å². The molecule has 1 aliphatic carbocycles. The fourth-order valence-corrected chi connectivity index (χ4v) is 4.68. The molecule has 0 amide bonds. The van der Waals surface area contributed by atoms with Gasteiger partial charge in [0.2, 0.25) is 12.5 Å². The quantitative estimate of drug-likeness (QED) is 0.581. The Morgan fingerprint density at radius 1 is 1.03 bits per heavy atom. The second-order valence-corrected chi connectivity index (χ2v) is 7.93. The summed E-state index contributed by atoms with van der Waals surface area (Å²) in [5.41, 5.74) is 2.59. The van der Waals surface area contributed by atoms with E-state index in [9.17, 15) is 4.79 Å². The Balaban J connectivity index is 1.73. The van der Waals surface area contributed by atoms with E-state index in [-0.39, 0.29) is 13.6 Å². The number of carbonyl (C=O) groups excluding carboxylic acids is 1. The van der Waals surface area contributed by atoms with Crippen molar-refractivity contribution in [2.24, 2.45) is 0 Å². The zero-order chi connectivity index (χ0) is 22.9. The van der Waals surface area contributed by atoms with E-state index in [2.05, 4.69) is 4.90 Å². The van der Waals surface area contributed by atoms with Crippen molar-refractivity contribution in [3.05, 3.63) is 34.6 Å². The third-order valence-electron chi connectivity index (χ3n) is 6.23. The van der Waals surface area contributed by atoms with E-state index in [4.69, 9.17) is 37.9 Å². The first-order valence-corrected chi connectivity index (χ1v) is 10.8. The van der Waals surface area contributed by atoms with Crippen LogP contribution in [0.5, 0.6) is 17.2 Å². The maximum atomic E-state index is 12.9. The van der Waals surface area contributed by atoms with Gasteiger partial charge in [-0.3, -0.25) is 4.90 Å². The molecule has 5 rings (SSSR count).